The van der Waals surface area contributed by atoms with Crippen LogP contribution in [0.15, 0.2) is 60.7 Å². The Morgan fingerprint density at radius 2 is 1.78 bits per heavy atom. The van der Waals surface area contributed by atoms with Gasteiger partial charge in [-0.1, -0.05) is 48.5 Å². The molecule has 1 atom stereocenters. The van der Waals surface area contributed by atoms with E-state index >= 15 is 0 Å². The number of hydrogen-bond acceptors (Lipinski definition) is 2. The van der Waals surface area contributed by atoms with Crippen molar-refractivity contribution in [2.75, 3.05) is 0 Å². The Kier molecular flexibility index (Phi) is 4.17. The van der Waals surface area contributed by atoms with Crippen LogP contribution in [-0.4, -0.2) is 5.60 Å². The summed E-state index contributed by atoms with van der Waals surface area (Å²) in [4.78, 5) is 0. The van der Waals surface area contributed by atoms with E-state index in [4.69, 9.17) is 4.74 Å². The Hall–Kier alpha value is -2.32. The average Bonchev–Trinajstić information content (AvgIpc) is 3.13. The lowest BCUT2D eigenvalue weighted by Gasteiger charge is -2.40. The van der Waals surface area contributed by atoms with Crippen LogP contribution in [0.1, 0.15) is 54.8 Å². The van der Waals surface area contributed by atoms with Crippen molar-refractivity contribution in [3.05, 3.63) is 77.4 Å². The minimum Gasteiger partial charge on any atom is -0.487 e. The molecule has 1 N–H and O–H groups in total. The van der Waals surface area contributed by atoms with Crippen LogP contribution in [0.2, 0.25) is 0 Å². The first-order valence-electron chi connectivity index (χ1n) is 10.2. The van der Waals surface area contributed by atoms with Gasteiger partial charge in [-0.2, -0.15) is 0 Å². The summed E-state index contributed by atoms with van der Waals surface area (Å²) in [5.41, 5.74) is 3.98. The topological polar surface area (TPSA) is 21.3 Å². The largest absolute Gasteiger partial charge is 0.487 e. The Labute approximate surface area is 161 Å². The lowest BCUT2D eigenvalue weighted by Crippen LogP contribution is -2.42. The zero-order valence-corrected chi connectivity index (χ0v) is 16.0. The number of rotatable bonds is 3. The molecule has 1 saturated carbocycles. The second-order valence-corrected chi connectivity index (χ2v) is 8.35. The van der Waals surface area contributed by atoms with Gasteiger partial charge in [-0.05, 0) is 66.6 Å². The number of nitrogens with one attached hydrogen (secondary N) is 1. The molecule has 0 bridgehead atoms. The summed E-state index contributed by atoms with van der Waals surface area (Å²) in [7, 11) is 0. The van der Waals surface area contributed by atoms with E-state index in [2.05, 4.69) is 72.9 Å². The Morgan fingerprint density at radius 3 is 2.63 bits per heavy atom. The monoisotopic (exact) mass is 357 g/mol. The summed E-state index contributed by atoms with van der Waals surface area (Å²) < 4.78 is 6.56. The molecule has 2 aliphatic rings. The van der Waals surface area contributed by atoms with Gasteiger partial charge in [0.1, 0.15) is 11.4 Å². The van der Waals surface area contributed by atoms with E-state index in [-0.39, 0.29) is 5.60 Å². The van der Waals surface area contributed by atoms with Gasteiger partial charge in [0.05, 0.1) is 0 Å². The van der Waals surface area contributed by atoms with Crippen LogP contribution in [0.25, 0.3) is 10.8 Å². The summed E-state index contributed by atoms with van der Waals surface area (Å²) in [5.74, 6) is 1.10. The first kappa shape index (κ1) is 16.8. The molecule has 0 amide bonds. The molecule has 2 nitrogen and oxygen atoms in total. The maximum atomic E-state index is 6.56. The predicted octanol–water partition coefficient (Wildman–Crippen LogP) is 6.07. The Balaban J connectivity index is 1.41. The van der Waals surface area contributed by atoms with Crippen molar-refractivity contribution in [2.24, 2.45) is 0 Å². The summed E-state index contributed by atoms with van der Waals surface area (Å²) in [6.45, 7) is 3.04. The SMILES string of the molecule is Cc1ccc2c(c1)OC1(CCCC1)CC2NCc1ccc2ccccc2c1. The highest BCUT2D eigenvalue weighted by Gasteiger charge is 2.42. The highest BCUT2D eigenvalue weighted by atomic mass is 16.5. The van der Waals surface area contributed by atoms with Crippen molar-refractivity contribution in [1.29, 1.82) is 0 Å². The second kappa shape index (κ2) is 6.69. The van der Waals surface area contributed by atoms with Gasteiger partial charge in [0, 0.05) is 24.6 Å². The fourth-order valence-corrected chi connectivity index (χ4v) is 4.87. The van der Waals surface area contributed by atoms with E-state index in [1.165, 1.54) is 53.1 Å². The zero-order chi connectivity index (χ0) is 18.3. The molecule has 1 aliphatic carbocycles. The van der Waals surface area contributed by atoms with Crippen molar-refractivity contribution in [3.8, 4) is 5.75 Å². The van der Waals surface area contributed by atoms with Gasteiger partial charge in [0.2, 0.25) is 0 Å². The third-order valence-electron chi connectivity index (χ3n) is 6.33. The Bertz CT molecular complexity index is 971. The Morgan fingerprint density at radius 1 is 0.963 bits per heavy atom. The summed E-state index contributed by atoms with van der Waals surface area (Å²) in [6, 6.07) is 22.4. The molecule has 3 aromatic rings. The summed E-state index contributed by atoms with van der Waals surface area (Å²) in [5, 5.41) is 6.47. The molecule has 27 heavy (non-hydrogen) atoms. The van der Waals surface area contributed by atoms with Crippen molar-refractivity contribution in [2.45, 2.75) is 57.2 Å². The molecule has 1 unspecified atom stereocenters. The van der Waals surface area contributed by atoms with E-state index < -0.39 is 0 Å². The van der Waals surface area contributed by atoms with Gasteiger partial charge in [0.25, 0.3) is 0 Å². The first-order valence-corrected chi connectivity index (χ1v) is 10.2. The maximum absolute atomic E-state index is 6.56. The smallest absolute Gasteiger partial charge is 0.125 e. The molecule has 1 heterocycles. The van der Waals surface area contributed by atoms with Gasteiger partial charge in [0.15, 0.2) is 0 Å². The predicted molar refractivity (Wildman–Crippen MR) is 111 cm³/mol. The normalized spacial score (nSPS) is 20.6. The fraction of sp³-hybridized carbons (Fsp3) is 0.360. The van der Waals surface area contributed by atoms with Gasteiger partial charge < -0.3 is 10.1 Å². The maximum Gasteiger partial charge on any atom is 0.125 e. The lowest BCUT2D eigenvalue weighted by atomic mass is 9.85. The molecule has 1 spiro atoms. The quantitative estimate of drug-likeness (QED) is 0.614. The van der Waals surface area contributed by atoms with E-state index in [1.807, 2.05) is 0 Å². The van der Waals surface area contributed by atoms with Crippen LogP contribution in [0.5, 0.6) is 5.75 Å². The number of benzene rings is 3. The van der Waals surface area contributed by atoms with Crippen LogP contribution in [0.4, 0.5) is 0 Å². The van der Waals surface area contributed by atoms with E-state index in [1.54, 1.807) is 0 Å². The standard InChI is InChI=1S/C25H27NO/c1-18-8-11-22-23(16-25(12-4-5-13-25)27-24(22)14-18)26-17-19-9-10-20-6-2-3-7-21(20)15-19/h2-3,6-11,14-15,23,26H,4-5,12-13,16-17H2,1H3. The van der Waals surface area contributed by atoms with Crippen LogP contribution >= 0.6 is 0 Å². The van der Waals surface area contributed by atoms with E-state index in [9.17, 15) is 0 Å². The van der Waals surface area contributed by atoms with Crippen LogP contribution < -0.4 is 10.1 Å². The average molecular weight is 357 g/mol. The van der Waals surface area contributed by atoms with Crippen molar-refractivity contribution < 1.29 is 4.74 Å². The molecule has 3 aromatic carbocycles. The number of ether oxygens (including phenoxy) is 1. The zero-order valence-electron chi connectivity index (χ0n) is 16.0. The number of aryl methyl sites for hydroxylation is 1. The van der Waals surface area contributed by atoms with Gasteiger partial charge in [-0.15, -0.1) is 0 Å². The second-order valence-electron chi connectivity index (χ2n) is 8.35. The van der Waals surface area contributed by atoms with Crippen molar-refractivity contribution in [3.63, 3.8) is 0 Å². The van der Waals surface area contributed by atoms with E-state index in [0.29, 0.717) is 6.04 Å². The molecule has 0 saturated heterocycles. The molecule has 0 radical (unpaired) electrons. The highest BCUT2D eigenvalue weighted by molar-refractivity contribution is 5.82. The lowest BCUT2D eigenvalue weighted by molar-refractivity contribution is 0.0364. The first-order chi connectivity index (χ1) is 13.2. The minimum atomic E-state index is 0.0435. The minimum absolute atomic E-state index is 0.0435. The third kappa shape index (κ3) is 3.23. The van der Waals surface area contributed by atoms with Crippen LogP contribution in [0.3, 0.4) is 0 Å². The molecular weight excluding hydrogens is 330 g/mol. The highest BCUT2D eigenvalue weighted by Crippen LogP contribution is 2.47. The summed E-state index contributed by atoms with van der Waals surface area (Å²) >= 11 is 0. The molecular formula is C25H27NO. The molecule has 2 heteroatoms. The fourth-order valence-electron chi connectivity index (χ4n) is 4.87. The molecule has 0 aromatic heterocycles. The van der Waals surface area contributed by atoms with Crippen LogP contribution in [-0.2, 0) is 6.54 Å². The van der Waals surface area contributed by atoms with Gasteiger partial charge >= 0.3 is 0 Å². The number of hydrogen-bond donors (Lipinski definition) is 1. The molecule has 1 fully saturated rings. The van der Waals surface area contributed by atoms with Crippen molar-refractivity contribution in [1.82, 2.24) is 5.32 Å². The van der Waals surface area contributed by atoms with Gasteiger partial charge in [-0.3, -0.25) is 0 Å². The molecule has 138 valence electrons. The third-order valence-corrected chi connectivity index (χ3v) is 6.33. The van der Waals surface area contributed by atoms with E-state index in [0.717, 1.165) is 18.7 Å². The van der Waals surface area contributed by atoms with Crippen molar-refractivity contribution >= 4 is 10.8 Å². The van der Waals surface area contributed by atoms with Crippen LogP contribution in [0, 0.1) is 6.92 Å². The number of fused-ring (bicyclic) bond motifs is 2. The van der Waals surface area contributed by atoms with Gasteiger partial charge in [-0.25, -0.2) is 0 Å². The summed E-state index contributed by atoms with van der Waals surface area (Å²) in [6.07, 6.45) is 6.04. The molecule has 5 rings (SSSR count). The molecule has 1 aliphatic heterocycles.